The maximum absolute atomic E-state index is 12.8. The van der Waals surface area contributed by atoms with Gasteiger partial charge in [-0.2, -0.15) is 4.98 Å². The molecule has 0 spiro atoms. The number of hydrogen-bond donors (Lipinski definition) is 0. The summed E-state index contributed by atoms with van der Waals surface area (Å²) in [5, 5.41) is 4.08. The van der Waals surface area contributed by atoms with E-state index in [1.807, 2.05) is 35.2 Å². The second kappa shape index (κ2) is 7.58. The molecule has 0 saturated carbocycles. The summed E-state index contributed by atoms with van der Waals surface area (Å²) in [5.74, 6) is 1.64. The summed E-state index contributed by atoms with van der Waals surface area (Å²) in [6, 6.07) is 16.5. The molecule has 1 atom stereocenters. The Balaban J connectivity index is 1.41. The van der Waals surface area contributed by atoms with Crippen molar-refractivity contribution in [1.82, 2.24) is 10.1 Å². The summed E-state index contributed by atoms with van der Waals surface area (Å²) in [6.45, 7) is 6.42. The predicted octanol–water partition coefficient (Wildman–Crippen LogP) is 4.77. The summed E-state index contributed by atoms with van der Waals surface area (Å²) in [5.41, 5.74) is 4.45. The van der Waals surface area contributed by atoms with Gasteiger partial charge in [0.1, 0.15) is 0 Å². The van der Waals surface area contributed by atoms with Crippen LogP contribution in [-0.4, -0.2) is 22.1 Å². The first-order valence-electron chi connectivity index (χ1n) is 9.86. The monoisotopic (exact) mass is 375 g/mol. The molecule has 2 heterocycles. The molecular formula is C23H25N3O2. The molecule has 0 bridgehead atoms. The molecule has 1 aliphatic heterocycles. The fourth-order valence-corrected chi connectivity index (χ4v) is 3.77. The van der Waals surface area contributed by atoms with Gasteiger partial charge in [0.05, 0.1) is 0 Å². The molecule has 5 heteroatoms. The Kier molecular flexibility index (Phi) is 4.99. The highest BCUT2D eigenvalue weighted by Gasteiger charge is 2.30. The van der Waals surface area contributed by atoms with Crippen LogP contribution in [0.4, 0.5) is 5.69 Å². The van der Waals surface area contributed by atoms with Crippen molar-refractivity contribution < 1.29 is 9.32 Å². The Labute approximate surface area is 165 Å². The van der Waals surface area contributed by atoms with Crippen molar-refractivity contribution in [1.29, 1.82) is 0 Å². The summed E-state index contributed by atoms with van der Waals surface area (Å²) < 4.78 is 5.37. The zero-order chi connectivity index (χ0) is 19.7. The Morgan fingerprint density at radius 3 is 2.68 bits per heavy atom. The Morgan fingerprint density at radius 2 is 1.93 bits per heavy atom. The van der Waals surface area contributed by atoms with E-state index in [0.717, 1.165) is 17.7 Å². The minimum Gasteiger partial charge on any atom is -0.339 e. The van der Waals surface area contributed by atoms with E-state index in [-0.39, 0.29) is 11.9 Å². The molecule has 0 radical (unpaired) electrons. The SMILES string of the molecule is CC(C)c1ccc(-c2noc(CCC(=O)N3c4ccccc4C[C@@H]3C)n2)cc1. The highest BCUT2D eigenvalue weighted by Crippen LogP contribution is 2.32. The molecule has 0 fully saturated rings. The van der Waals surface area contributed by atoms with Gasteiger partial charge in [-0.1, -0.05) is 61.5 Å². The fourth-order valence-electron chi connectivity index (χ4n) is 3.77. The highest BCUT2D eigenvalue weighted by atomic mass is 16.5. The number of rotatable bonds is 5. The minimum atomic E-state index is 0.0958. The van der Waals surface area contributed by atoms with Gasteiger partial charge in [-0.25, -0.2) is 0 Å². The quantitative estimate of drug-likeness (QED) is 0.644. The molecule has 0 saturated heterocycles. The number of aryl methyl sites for hydroxylation is 1. The molecule has 5 nitrogen and oxygen atoms in total. The van der Waals surface area contributed by atoms with Gasteiger partial charge < -0.3 is 9.42 Å². The summed E-state index contributed by atoms with van der Waals surface area (Å²) >= 11 is 0. The van der Waals surface area contributed by atoms with Gasteiger partial charge in [0.25, 0.3) is 0 Å². The number of fused-ring (bicyclic) bond motifs is 1. The number of aromatic nitrogens is 2. The normalized spacial score (nSPS) is 15.9. The van der Waals surface area contributed by atoms with Crippen LogP contribution in [0.15, 0.2) is 53.1 Å². The standard InChI is InChI=1S/C23H25N3O2/c1-15(2)17-8-10-18(11-9-17)23-24-21(28-25-23)12-13-22(27)26-16(3)14-19-6-4-5-7-20(19)26/h4-11,15-16H,12-14H2,1-3H3/t16-/m0/s1. The highest BCUT2D eigenvalue weighted by molar-refractivity contribution is 5.96. The van der Waals surface area contributed by atoms with Crippen LogP contribution in [0.3, 0.4) is 0 Å². The lowest BCUT2D eigenvalue weighted by Gasteiger charge is -2.22. The number of amides is 1. The van der Waals surface area contributed by atoms with Crippen LogP contribution in [0.25, 0.3) is 11.4 Å². The molecule has 144 valence electrons. The van der Waals surface area contributed by atoms with Crippen LogP contribution in [0.1, 0.15) is 50.1 Å². The fraction of sp³-hybridized carbons (Fsp3) is 0.348. The van der Waals surface area contributed by atoms with E-state index >= 15 is 0 Å². The lowest BCUT2D eigenvalue weighted by Crippen LogP contribution is -2.35. The topological polar surface area (TPSA) is 59.2 Å². The van der Waals surface area contributed by atoms with Crippen molar-refractivity contribution >= 4 is 11.6 Å². The van der Waals surface area contributed by atoms with E-state index in [1.165, 1.54) is 11.1 Å². The minimum absolute atomic E-state index is 0.0958. The van der Waals surface area contributed by atoms with Gasteiger partial charge in [0.15, 0.2) is 0 Å². The number of hydrogen-bond acceptors (Lipinski definition) is 4. The number of anilines is 1. The molecule has 1 aliphatic rings. The van der Waals surface area contributed by atoms with E-state index in [4.69, 9.17) is 4.52 Å². The van der Waals surface area contributed by atoms with E-state index in [0.29, 0.717) is 30.5 Å². The lowest BCUT2D eigenvalue weighted by molar-refractivity contribution is -0.118. The molecule has 0 unspecified atom stereocenters. The molecule has 1 aromatic heterocycles. The average molecular weight is 375 g/mol. The number of carbonyl (C=O) groups is 1. The Morgan fingerprint density at radius 1 is 1.18 bits per heavy atom. The molecule has 0 aliphatic carbocycles. The van der Waals surface area contributed by atoms with Crippen LogP contribution >= 0.6 is 0 Å². The number of nitrogens with zero attached hydrogens (tertiary/aromatic N) is 3. The van der Waals surface area contributed by atoms with Gasteiger partial charge in [0, 0.05) is 30.1 Å². The van der Waals surface area contributed by atoms with Crippen LogP contribution in [-0.2, 0) is 17.6 Å². The van der Waals surface area contributed by atoms with Crippen molar-refractivity contribution in [2.75, 3.05) is 4.90 Å². The zero-order valence-electron chi connectivity index (χ0n) is 16.6. The van der Waals surface area contributed by atoms with Gasteiger partial charge >= 0.3 is 0 Å². The Bertz CT molecular complexity index is 976. The summed E-state index contributed by atoms with van der Waals surface area (Å²) in [7, 11) is 0. The van der Waals surface area contributed by atoms with Gasteiger partial charge in [0.2, 0.25) is 17.6 Å². The smallest absolute Gasteiger partial charge is 0.227 e. The van der Waals surface area contributed by atoms with Crippen LogP contribution in [0.5, 0.6) is 0 Å². The van der Waals surface area contributed by atoms with Crippen molar-refractivity contribution in [3.8, 4) is 11.4 Å². The van der Waals surface area contributed by atoms with Crippen LogP contribution in [0.2, 0.25) is 0 Å². The summed E-state index contributed by atoms with van der Waals surface area (Å²) in [4.78, 5) is 19.2. The number of benzene rings is 2. The maximum atomic E-state index is 12.8. The second-order valence-corrected chi connectivity index (χ2v) is 7.73. The van der Waals surface area contributed by atoms with Crippen LogP contribution < -0.4 is 4.90 Å². The van der Waals surface area contributed by atoms with Crippen molar-refractivity contribution in [3.63, 3.8) is 0 Å². The summed E-state index contributed by atoms with van der Waals surface area (Å²) in [6.07, 6.45) is 1.70. The third-order valence-corrected chi connectivity index (χ3v) is 5.33. The van der Waals surface area contributed by atoms with Crippen molar-refractivity contribution in [2.24, 2.45) is 0 Å². The van der Waals surface area contributed by atoms with E-state index in [2.05, 4.69) is 49.1 Å². The molecule has 3 aromatic rings. The Hall–Kier alpha value is -2.95. The van der Waals surface area contributed by atoms with E-state index in [1.54, 1.807) is 0 Å². The third kappa shape index (κ3) is 3.57. The predicted molar refractivity (Wildman–Crippen MR) is 109 cm³/mol. The lowest BCUT2D eigenvalue weighted by atomic mass is 10.0. The molecular weight excluding hydrogens is 350 g/mol. The first-order chi connectivity index (χ1) is 13.5. The molecule has 0 N–H and O–H groups in total. The molecule has 4 rings (SSSR count). The van der Waals surface area contributed by atoms with Crippen molar-refractivity contribution in [2.45, 2.75) is 52.0 Å². The first kappa shape index (κ1) is 18.4. The first-order valence-corrected chi connectivity index (χ1v) is 9.86. The molecule has 1 amide bonds. The van der Waals surface area contributed by atoms with Gasteiger partial charge in [-0.3, -0.25) is 4.79 Å². The average Bonchev–Trinajstić information content (AvgIpc) is 3.30. The number of para-hydroxylation sites is 1. The second-order valence-electron chi connectivity index (χ2n) is 7.73. The number of carbonyl (C=O) groups excluding carboxylic acids is 1. The largest absolute Gasteiger partial charge is 0.339 e. The van der Waals surface area contributed by atoms with Gasteiger partial charge in [-0.05, 0) is 36.5 Å². The van der Waals surface area contributed by atoms with Crippen molar-refractivity contribution in [3.05, 3.63) is 65.5 Å². The van der Waals surface area contributed by atoms with Crippen LogP contribution in [0, 0.1) is 0 Å². The molecule has 28 heavy (non-hydrogen) atoms. The van der Waals surface area contributed by atoms with Gasteiger partial charge in [-0.15, -0.1) is 0 Å². The van der Waals surface area contributed by atoms with E-state index in [9.17, 15) is 4.79 Å². The zero-order valence-corrected chi connectivity index (χ0v) is 16.6. The van der Waals surface area contributed by atoms with E-state index < -0.39 is 0 Å². The third-order valence-electron chi connectivity index (χ3n) is 5.33. The maximum Gasteiger partial charge on any atom is 0.227 e. The molecule has 2 aromatic carbocycles.